The molecule has 0 atom stereocenters. The molecule has 0 bridgehead atoms. The van der Waals surface area contributed by atoms with E-state index in [-0.39, 0.29) is 0 Å². The fourth-order valence-corrected chi connectivity index (χ4v) is 4.87. The molecule has 4 rings (SSSR count). The molecule has 0 fully saturated rings. The topological polar surface area (TPSA) is 0 Å². The maximum Gasteiger partial charge on any atom is -0.0195 e. The van der Waals surface area contributed by atoms with Gasteiger partial charge in [-0.1, -0.05) is 97.1 Å². The van der Waals surface area contributed by atoms with Crippen molar-refractivity contribution >= 4 is 11.1 Å². The Morgan fingerprint density at radius 3 is 1.15 bits per heavy atom. The normalized spacial score (nSPS) is 11.9. The largest absolute Gasteiger partial charge is 0.0622 e. The lowest BCUT2D eigenvalue weighted by Crippen LogP contribution is -1.97. The highest BCUT2D eigenvalue weighted by molar-refractivity contribution is 5.90. The fraction of sp³-hybridized carbons (Fsp3) is 0.235. The van der Waals surface area contributed by atoms with Gasteiger partial charge in [0.2, 0.25) is 0 Å². The van der Waals surface area contributed by atoms with Gasteiger partial charge < -0.3 is 0 Å². The van der Waals surface area contributed by atoms with E-state index in [1.807, 2.05) is 0 Å². The highest BCUT2D eigenvalue weighted by Crippen LogP contribution is 2.30. The number of rotatable bonds is 8. The second kappa shape index (κ2) is 11.2. The Morgan fingerprint density at radius 2 is 0.794 bits per heavy atom. The lowest BCUT2D eigenvalue weighted by atomic mass is 9.90. The summed E-state index contributed by atoms with van der Waals surface area (Å²) < 4.78 is 0. The first-order chi connectivity index (χ1) is 16.5. The predicted octanol–water partition coefficient (Wildman–Crippen LogP) is 8.82. The van der Waals surface area contributed by atoms with Crippen molar-refractivity contribution in [2.45, 2.75) is 53.4 Å². The van der Waals surface area contributed by atoms with Gasteiger partial charge in [-0.3, -0.25) is 0 Å². The van der Waals surface area contributed by atoms with Crippen molar-refractivity contribution in [2.75, 3.05) is 0 Å². The summed E-state index contributed by atoms with van der Waals surface area (Å²) in [7, 11) is 0. The molecule has 0 nitrogen and oxygen atoms in total. The number of hydrogen-bond donors (Lipinski definition) is 0. The summed E-state index contributed by atoms with van der Waals surface area (Å²) in [6.07, 6.45) is 4.33. The quantitative estimate of drug-likeness (QED) is 0.238. The van der Waals surface area contributed by atoms with Gasteiger partial charge in [-0.15, -0.1) is 0 Å². The zero-order valence-electron chi connectivity index (χ0n) is 21.1. The van der Waals surface area contributed by atoms with Crippen LogP contribution < -0.4 is 0 Å². The minimum Gasteiger partial charge on any atom is -0.0622 e. The minimum atomic E-state index is 1.08. The van der Waals surface area contributed by atoms with Crippen molar-refractivity contribution in [3.63, 3.8) is 0 Å². The second-order valence-corrected chi connectivity index (χ2v) is 9.52. The van der Waals surface area contributed by atoms with Gasteiger partial charge in [-0.05, 0) is 109 Å². The van der Waals surface area contributed by atoms with Crippen LogP contribution in [-0.4, -0.2) is 0 Å². The summed E-state index contributed by atoms with van der Waals surface area (Å²) in [5.41, 5.74) is 13.8. The summed E-state index contributed by atoms with van der Waals surface area (Å²) in [5, 5.41) is 0. The molecule has 0 saturated carbocycles. The van der Waals surface area contributed by atoms with Crippen LogP contribution in [0.5, 0.6) is 0 Å². The number of allylic oxidation sites excluding steroid dienone is 2. The molecule has 4 aromatic rings. The van der Waals surface area contributed by atoms with E-state index < -0.39 is 0 Å². The van der Waals surface area contributed by atoms with E-state index in [0.717, 1.165) is 25.7 Å². The lowest BCUT2D eigenvalue weighted by molar-refractivity contribution is 0.957. The van der Waals surface area contributed by atoms with Crippen molar-refractivity contribution in [3.05, 3.63) is 142 Å². The van der Waals surface area contributed by atoms with Crippen molar-refractivity contribution in [1.29, 1.82) is 0 Å². The average molecular weight is 445 g/mol. The summed E-state index contributed by atoms with van der Waals surface area (Å²) in [5.74, 6) is 0. The molecular weight excluding hydrogens is 408 g/mol. The molecule has 0 aliphatic rings. The van der Waals surface area contributed by atoms with Crippen molar-refractivity contribution < 1.29 is 0 Å². The summed E-state index contributed by atoms with van der Waals surface area (Å²) in [6, 6.07) is 35.5. The third-order valence-corrected chi connectivity index (χ3v) is 7.04. The monoisotopic (exact) mass is 444 g/mol. The Bertz CT molecular complexity index is 1160. The minimum absolute atomic E-state index is 1.08. The molecule has 0 heteroatoms. The Morgan fingerprint density at radius 1 is 0.441 bits per heavy atom. The van der Waals surface area contributed by atoms with E-state index in [2.05, 4.69) is 125 Å². The first kappa shape index (κ1) is 23.8. The molecule has 0 spiro atoms. The Labute approximate surface area is 206 Å². The van der Waals surface area contributed by atoms with Gasteiger partial charge in [0.25, 0.3) is 0 Å². The maximum absolute atomic E-state index is 2.37. The van der Waals surface area contributed by atoms with Gasteiger partial charge in [-0.25, -0.2) is 0 Å². The first-order valence-corrected chi connectivity index (χ1v) is 12.5. The fourth-order valence-electron chi connectivity index (χ4n) is 4.87. The summed E-state index contributed by atoms with van der Waals surface area (Å²) >= 11 is 0. The van der Waals surface area contributed by atoms with Gasteiger partial charge in [0, 0.05) is 0 Å². The van der Waals surface area contributed by atoms with Gasteiger partial charge in [0.1, 0.15) is 0 Å². The number of benzene rings is 4. The smallest absolute Gasteiger partial charge is 0.0195 e. The van der Waals surface area contributed by atoms with Crippen LogP contribution in [0.4, 0.5) is 0 Å². The van der Waals surface area contributed by atoms with E-state index in [0.29, 0.717) is 0 Å². The van der Waals surface area contributed by atoms with Crippen LogP contribution in [0.3, 0.4) is 0 Å². The van der Waals surface area contributed by atoms with Crippen molar-refractivity contribution in [3.8, 4) is 0 Å². The van der Waals surface area contributed by atoms with E-state index in [4.69, 9.17) is 0 Å². The second-order valence-electron chi connectivity index (χ2n) is 9.52. The Balaban J connectivity index is 1.48. The van der Waals surface area contributed by atoms with E-state index in [9.17, 15) is 0 Å². The molecule has 0 unspecified atom stereocenters. The molecule has 0 heterocycles. The van der Waals surface area contributed by atoms with Crippen LogP contribution in [-0.2, 0) is 25.7 Å². The van der Waals surface area contributed by atoms with Crippen molar-refractivity contribution in [2.24, 2.45) is 0 Å². The first-order valence-electron chi connectivity index (χ1n) is 12.5. The SMILES string of the molecule is C/C(=C(/C)c1ccc(CCc2ccccc2)cc1C)c1ccc(CCc2ccccc2)cc1C. The Hall–Kier alpha value is -3.38. The Kier molecular flexibility index (Phi) is 7.80. The van der Waals surface area contributed by atoms with Crippen LogP contribution in [0.1, 0.15) is 58.4 Å². The van der Waals surface area contributed by atoms with E-state index in [1.165, 1.54) is 55.7 Å². The van der Waals surface area contributed by atoms with Gasteiger partial charge in [0.05, 0.1) is 0 Å². The van der Waals surface area contributed by atoms with Crippen LogP contribution in [0.2, 0.25) is 0 Å². The molecular formula is C34H36. The van der Waals surface area contributed by atoms with Gasteiger partial charge >= 0.3 is 0 Å². The summed E-state index contributed by atoms with van der Waals surface area (Å²) in [4.78, 5) is 0. The summed E-state index contributed by atoms with van der Waals surface area (Å²) in [6.45, 7) is 9.03. The van der Waals surface area contributed by atoms with Gasteiger partial charge in [-0.2, -0.15) is 0 Å². The molecule has 34 heavy (non-hydrogen) atoms. The van der Waals surface area contributed by atoms with Crippen molar-refractivity contribution in [1.82, 2.24) is 0 Å². The van der Waals surface area contributed by atoms with Gasteiger partial charge in [0.15, 0.2) is 0 Å². The van der Waals surface area contributed by atoms with Crippen LogP contribution in [0, 0.1) is 13.8 Å². The predicted molar refractivity (Wildman–Crippen MR) is 148 cm³/mol. The van der Waals surface area contributed by atoms with Crippen LogP contribution >= 0.6 is 0 Å². The molecule has 0 amide bonds. The molecule has 0 N–H and O–H groups in total. The zero-order chi connectivity index (χ0) is 23.9. The standard InChI is InChI=1S/C34H36/c1-25-23-31(17-15-29-11-7-5-8-12-29)19-21-33(25)27(3)28(4)34-22-20-32(24-26(34)2)18-16-30-13-9-6-10-14-30/h5-14,19-24H,15-18H2,1-4H3/b28-27+. The lowest BCUT2D eigenvalue weighted by Gasteiger charge is -2.15. The van der Waals surface area contributed by atoms with E-state index in [1.54, 1.807) is 0 Å². The third-order valence-electron chi connectivity index (χ3n) is 7.04. The molecule has 0 saturated heterocycles. The molecule has 4 aromatic carbocycles. The third kappa shape index (κ3) is 5.94. The maximum atomic E-state index is 2.37. The zero-order valence-corrected chi connectivity index (χ0v) is 21.1. The highest BCUT2D eigenvalue weighted by atomic mass is 14.1. The molecule has 172 valence electrons. The molecule has 0 aliphatic carbocycles. The molecule has 0 radical (unpaired) electrons. The number of aryl methyl sites for hydroxylation is 6. The van der Waals surface area contributed by atoms with Crippen LogP contribution in [0.15, 0.2) is 97.1 Å². The average Bonchev–Trinajstić information content (AvgIpc) is 2.87. The molecule has 0 aliphatic heterocycles. The highest BCUT2D eigenvalue weighted by Gasteiger charge is 2.10. The molecule has 0 aromatic heterocycles. The van der Waals surface area contributed by atoms with Crippen LogP contribution in [0.25, 0.3) is 11.1 Å². The number of hydrogen-bond acceptors (Lipinski definition) is 0. The van der Waals surface area contributed by atoms with E-state index >= 15 is 0 Å².